The van der Waals surface area contributed by atoms with Crippen molar-refractivity contribution in [3.05, 3.63) is 119 Å². The Morgan fingerprint density at radius 3 is 2.47 bits per heavy atom. The first-order chi connectivity index (χ1) is 16.7. The van der Waals surface area contributed by atoms with E-state index in [4.69, 9.17) is 4.42 Å². The molecule has 0 radical (unpaired) electrons. The van der Waals surface area contributed by atoms with Crippen LogP contribution in [-0.2, 0) is 12.8 Å². The monoisotopic (exact) mass is 455 g/mol. The molecule has 2 aromatic carbocycles. The largest absolute Gasteiger partial charge is 0.443 e. The third-order valence-electron chi connectivity index (χ3n) is 6.21. The van der Waals surface area contributed by atoms with E-state index in [0.717, 1.165) is 41.8 Å². The molecule has 5 rings (SSSR count). The van der Waals surface area contributed by atoms with E-state index >= 15 is 0 Å². The van der Waals surface area contributed by atoms with Crippen LogP contribution in [0.3, 0.4) is 0 Å². The third-order valence-corrected chi connectivity index (χ3v) is 6.21. The second kappa shape index (κ2) is 10.00. The van der Waals surface area contributed by atoms with Crippen LogP contribution in [0.25, 0.3) is 0 Å². The van der Waals surface area contributed by atoms with Gasteiger partial charge in [-0.25, -0.2) is 9.37 Å². The molecule has 0 spiro atoms. The lowest BCUT2D eigenvalue weighted by Gasteiger charge is -2.33. The maximum atomic E-state index is 13.4. The van der Waals surface area contributed by atoms with Crippen LogP contribution in [0.1, 0.15) is 64.1 Å². The number of benzene rings is 2. The number of oxazole rings is 1. The molecule has 1 aliphatic rings. The van der Waals surface area contributed by atoms with E-state index in [1.165, 1.54) is 12.1 Å². The molecule has 5 nitrogen and oxygen atoms in total. The lowest BCUT2D eigenvalue weighted by molar-refractivity contribution is 0.0569. The molecule has 4 aromatic rings. The van der Waals surface area contributed by atoms with Crippen molar-refractivity contribution in [1.82, 2.24) is 14.9 Å². The minimum atomic E-state index is -0.257. The van der Waals surface area contributed by atoms with Gasteiger partial charge in [-0.3, -0.25) is 9.78 Å². The van der Waals surface area contributed by atoms with Gasteiger partial charge in [-0.1, -0.05) is 42.5 Å². The van der Waals surface area contributed by atoms with Crippen LogP contribution < -0.4 is 0 Å². The van der Waals surface area contributed by atoms with E-state index < -0.39 is 0 Å². The maximum Gasteiger partial charge on any atom is 0.256 e. The molecular weight excluding hydrogens is 429 g/mol. The summed E-state index contributed by atoms with van der Waals surface area (Å²) in [6.45, 7) is 0.664. The summed E-state index contributed by atoms with van der Waals surface area (Å²) in [6, 6.07) is 20.0. The van der Waals surface area contributed by atoms with Gasteiger partial charge in [-0.15, -0.1) is 0 Å². The van der Waals surface area contributed by atoms with Gasteiger partial charge in [-0.05, 0) is 54.7 Å². The topological polar surface area (TPSA) is 59.2 Å². The minimum Gasteiger partial charge on any atom is -0.443 e. The molecule has 2 aromatic heterocycles. The van der Waals surface area contributed by atoms with E-state index in [1.807, 2.05) is 35.2 Å². The van der Waals surface area contributed by atoms with E-state index in [1.54, 1.807) is 24.5 Å². The Morgan fingerprint density at radius 1 is 0.912 bits per heavy atom. The maximum absolute atomic E-state index is 13.4. The lowest BCUT2D eigenvalue weighted by atomic mass is 10.0. The predicted molar refractivity (Wildman–Crippen MR) is 127 cm³/mol. The molecule has 1 saturated heterocycles. The zero-order valence-electron chi connectivity index (χ0n) is 18.9. The van der Waals surface area contributed by atoms with Crippen molar-refractivity contribution in [2.75, 3.05) is 6.54 Å². The van der Waals surface area contributed by atoms with E-state index in [2.05, 4.69) is 22.1 Å². The second-order valence-electron chi connectivity index (χ2n) is 8.68. The highest BCUT2D eigenvalue weighted by Gasteiger charge is 2.32. The number of aromatic nitrogens is 2. The highest BCUT2D eigenvalue weighted by Crippen LogP contribution is 2.32. The Kier molecular flexibility index (Phi) is 6.47. The summed E-state index contributed by atoms with van der Waals surface area (Å²) in [5.41, 5.74) is 3.51. The fraction of sp³-hybridized carbons (Fsp3) is 0.250. The highest BCUT2D eigenvalue weighted by molar-refractivity contribution is 5.94. The van der Waals surface area contributed by atoms with Gasteiger partial charge >= 0.3 is 0 Å². The summed E-state index contributed by atoms with van der Waals surface area (Å²) in [5, 5.41) is 0. The molecule has 1 amide bonds. The summed E-state index contributed by atoms with van der Waals surface area (Å²) in [5.74, 6) is 1.08. The zero-order chi connectivity index (χ0) is 23.3. The van der Waals surface area contributed by atoms with Crippen molar-refractivity contribution in [1.29, 1.82) is 0 Å². The lowest BCUT2D eigenvalue weighted by Crippen LogP contribution is -2.38. The van der Waals surface area contributed by atoms with Crippen LogP contribution in [0.4, 0.5) is 4.39 Å². The molecule has 0 N–H and O–H groups in total. The van der Waals surface area contributed by atoms with Gasteiger partial charge in [0.1, 0.15) is 17.6 Å². The number of carbonyl (C=O) groups is 1. The van der Waals surface area contributed by atoms with Gasteiger partial charge in [0.2, 0.25) is 5.89 Å². The summed E-state index contributed by atoms with van der Waals surface area (Å²) < 4.78 is 19.2. The number of likely N-dealkylation sites (tertiary alicyclic amines) is 1. The summed E-state index contributed by atoms with van der Waals surface area (Å²) in [4.78, 5) is 24.2. The minimum absolute atomic E-state index is 0.0617. The van der Waals surface area contributed by atoms with Gasteiger partial charge in [0.05, 0.1) is 11.8 Å². The average Bonchev–Trinajstić information content (AvgIpc) is 3.34. The number of pyridine rings is 1. The normalized spacial score (nSPS) is 15.9. The Bertz CT molecular complexity index is 1240. The van der Waals surface area contributed by atoms with Gasteiger partial charge in [-0.2, -0.15) is 0 Å². The molecule has 0 bridgehead atoms. The number of piperidine rings is 1. The van der Waals surface area contributed by atoms with Gasteiger partial charge in [0.25, 0.3) is 5.91 Å². The van der Waals surface area contributed by atoms with E-state index in [0.29, 0.717) is 30.8 Å². The van der Waals surface area contributed by atoms with E-state index in [-0.39, 0.29) is 17.8 Å². The van der Waals surface area contributed by atoms with Crippen LogP contribution in [0.15, 0.2) is 83.5 Å². The first-order valence-electron chi connectivity index (χ1n) is 11.6. The van der Waals surface area contributed by atoms with Crippen molar-refractivity contribution >= 4 is 5.91 Å². The smallest absolute Gasteiger partial charge is 0.256 e. The van der Waals surface area contributed by atoms with Crippen LogP contribution in [-0.4, -0.2) is 27.3 Å². The number of nitrogens with zero attached hydrogens (tertiary/aromatic N) is 3. The second-order valence-corrected chi connectivity index (χ2v) is 8.68. The molecule has 3 heterocycles. The number of carbonyl (C=O) groups excluding carboxylic acids is 1. The molecule has 0 aliphatic carbocycles. The molecule has 34 heavy (non-hydrogen) atoms. The number of hydrogen-bond donors (Lipinski definition) is 0. The van der Waals surface area contributed by atoms with Gasteiger partial charge < -0.3 is 9.32 Å². The molecule has 1 fully saturated rings. The number of amides is 1. The van der Waals surface area contributed by atoms with Crippen molar-refractivity contribution in [2.45, 2.75) is 38.1 Å². The van der Waals surface area contributed by atoms with Gasteiger partial charge in [0, 0.05) is 31.3 Å². The highest BCUT2D eigenvalue weighted by atomic mass is 19.1. The SMILES string of the molecule is O=C(c1ccc(Cc2ccc(F)cc2)nc1)N1CCCCC1c1ncc(Cc2ccccc2)o1. The number of halogens is 1. The quantitative estimate of drug-likeness (QED) is 0.371. The molecule has 0 saturated carbocycles. The van der Waals surface area contributed by atoms with Crippen molar-refractivity contribution < 1.29 is 13.6 Å². The van der Waals surface area contributed by atoms with Crippen LogP contribution in [0.2, 0.25) is 0 Å². The Morgan fingerprint density at radius 2 is 1.71 bits per heavy atom. The van der Waals surface area contributed by atoms with Crippen LogP contribution >= 0.6 is 0 Å². The van der Waals surface area contributed by atoms with Crippen LogP contribution in [0.5, 0.6) is 0 Å². The van der Waals surface area contributed by atoms with Gasteiger partial charge in [0.15, 0.2) is 0 Å². The Labute approximate surface area is 198 Å². The fourth-order valence-electron chi connectivity index (χ4n) is 4.42. The number of hydrogen-bond acceptors (Lipinski definition) is 4. The molecule has 1 unspecified atom stereocenters. The molecular formula is C28H26FN3O2. The number of rotatable bonds is 6. The fourth-order valence-corrected chi connectivity index (χ4v) is 4.42. The first kappa shape index (κ1) is 22.0. The molecule has 1 aliphatic heterocycles. The molecule has 6 heteroatoms. The summed E-state index contributed by atoms with van der Waals surface area (Å²) in [6.07, 6.45) is 7.47. The standard InChI is InChI=1S/C28H26FN3O2/c29-23-12-9-21(10-13-23)16-24-14-11-22(18-30-24)28(33)32-15-5-4-8-26(32)27-31-19-25(34-27)17-20-6-2-1-3-7-20/h1-3,6-7,9-14,18-19,26H,4-5,8,15-17H2. The molecule has 172 valence electrons. The predicted octanol–water partition coefficient (Wildman–Crippen LogP) is 5.76. The Balaban J connectivity index is 1.29. The Hall–Kier alpha value is -3.80. The van der Waals surface area contributed by atoms with E-state index in [9.17, 15) is 9.18 Å². The molecule has 1 atom stereocenters. The average molecular weight is 456 g/mol. The van der Waals surface area contributed by atoms with Crippen molar-refractivity contribution in [2.24, 2.45) is 0 Å². The zero-order valence-corrected chi connectivity index (χ0v) is 18.9. The van der Waals surface area contributed by atoms with Crippen LogP contribution in [0, 0.1) is 5.82 Å². The van der Waals surface area contributed by atoms with Crippen molar-refractivity contribution in [3.63, 3.8) is 0 Å². The summed E-state index contributed by atoms with van der Waals surface area (Å²) >= 11 is 0. The first-order valence-corrected chi connectivity index (χ1v) is 11.6. The van der Waals surface area contributed by atoms with Crippen molar-refractivity contribution in [3.8, 4) is 0 Å². The third kappa shape index (κ3) is 5.06. The summed E-state index contributed by atoms with van der Waals surface area (Å²) in [7, 11) is 0.